The first-order valence-corrected chi connectivity index (χ1v) is 13.1. The van der Waals surface area contributed by atoms with Crippen molar-refractivity contribution in [2.24, 2.45) is 0 Å². The van der Waals surface area contributed by atoms with E-state index in [9.17, 15) is 9.59 Å². The van der Waals surface area contributed by atoms with Crippen molar-refractivity contribution in [3.8, 4) is 34.5 Å². The van der Waals surface area contributed by atoms with E-state index < -0.39 is 12.0 Å². The van der Waals surface area contributed by atoms with Gasteiger partial charge in [-0.2, -0.15) is 0 Å². The van der Waals surface area contributed by atoms with E-state index >= 15 is 0 Å². The molecule has 1 atom stereocenters. The molecule has 1 heterocycles. The number of carbonyl (C=O) groups excluding carboxylic acids is 2. The summed E-state index contributed by atoms with van der Waals surface area (Å²) in [6.45, 7) is 2.64. The molecule has 0 saturated heterocycles. The summed E-state index contributed by atoms with van der Waals surface area (Å²) >= 11 is 0. The minimum Gasteiger partial charge on any atom is -0.493 e. The number of carbonyl (C=O) groups is 2. The van der Waals surface area contributed by atoms with Crippen LogP contribution in [-0.2, 0) is 11.2 Å². The van der Waals surface area contributed by atoms with Gasteiger partial charge in [-0.15, -0.1) is 0 Å². The normalized spacial score (nSPS) is 14.0. The van der Waals surface area contributed by atoms with Crippen molar-refractivity contribution in [1.29, 1.82) is 0 Å². The van der Waals surface area contributed by atoms with Crippen molar-refractivity contribution in [3.05, 3.63) is 70.8 Å². The maximum Gasteiger partial charge on any atom is 0.338 e. The van der Waals surface area contributed by atoms with Crippen LogP contribution in [0.2, 0.25) is 0 Å². The molecule has 0 spiro atoms. The molecule has 0 saturated carbocycles. The Bertz CT molecular complexity index is 1360. The third-order valence-corrected chi connectivity index (χ3v) is 6.95. The molecule has 0 unspecified atom stereocenters. The van der Waals surface area contributed by atoms with Crippen molar-refractivity contribution in [2.45, 2.75) is 19.4 Å². The van der Waals surface area contributed by atoms with Gasteiger partial charge in [-0.1, -0.05) is 0 Å². The van der Waals surface area contributed by atoms with Crippen molar-refractivity contribution in [2.75, 3.05) is 55.3 Å². The first-order valence-electron chi connectivity index (χ1n) is 13.1. The van der Waals surface area contributed by atoms with Gasteiger partial charge in [0.1, 0.15) is 12.4 Å². The zero-order valence-corrected chi connectivity index (χ0v) is 24.1. The van der Waals surface area contributed by atoms with Gasteiger partial charge in [0, 0.05) is 12.1 Å². The number of rotatable bonds is 11. The minimum atomic E-state index is -0.463. The van der Waals surface area contributed by atoms with Crippen molar-refractivity contribution in [1.82, 2.24) is 4.90 Å². The maximum absolute atomic E-state index is 14.0. The van der Waals surface area contributed by atoms with E-state index in [4.69, 9.17) is 33.2 Å². The van der Waals surface area contributed by atoms with E-state index in [2.05, 4.69) is 0 Å². The predicted molar refractivity (Wildman–Crippen MR) is 151 cm³/mol. The molecule has 218 valence electrons. The smallest absolute Gasteiger partial charge is 0.338 e. The number of ether oxygens (including phenoxy) is 7. The van der Waals surface area contributed by atoms with Gasteiger partial charge in [0.2, 0.25) is 5.75 Å². The number of amides is 1. The van der Waals surface area contributed by atoms with E-state index in [0.29, 0.717) is 65.2 Å². The van der Waals surface area contributed by atoms with Crippen LogP contribution in [0.25, 0.3) is 0 Å². The average Bonchev–Trinajstić information content (AvgIpc) is 3.01. The van der Waals surface area contributed by atoms with Crippen LogP contribution in [0.15, 0.2) is 48.5 Å². The third kappa shape index (κ3) is 6.11. The monoisotopic (exact) mass is 565 g/mol. The lowest BCUT2D eigenvalue weighted by molar-refractivity contribution is 0.0524. The second-order valence-corrected chi connectivity index (χ2v) is 9.14. The Hall–Kier alpha value is -4.60. The summed E-state index contributed by atoms with van der Waals surface area (Å²) in [5.41, 5.74) is 2.73. The maximum atomic E-state index is 14.0. The summed E-state index contributed by atoms with van der Waals surface area (Å²) in [6.07, 6.45) is 0.608. The third-order valence-electron chi connectivity index (χ3n) is 6.95. The van der Waals surface area contributed by atoms with E-state index in [0.717, 1.165) is 11.1 Å². The summed E-state index contributed by atoms with van der Waals surface area (Å²) in [6, 6.07) is 13.3. The van der Waals surface area contributed by atoms with Gasteiger partial charge >= 0.3 is 5.97 Å². The zero-order chi connectivity index (χ0) is 29.5. The fourth-order valence-electron chi connectivity index (χ4n) is 4.90. The molecular formula is C31H35NO9. The van der Waals surface area contributed by atoms with Crippen LogP contribution >= 0.6 is 0 Å². The molecule has 1 aliphatic rings. The number of hydrogen-bond acceptors (Lipinski definition) is 9. The Morgan fingerprint density at radius 3 is 1.95 bits per heavy atom. The Labute approximate surface area is 239 Å². The molecule has 0 radical (unpaired) electrons. The van der Waals surface area contributed by atoms with E-state index in [1.165, 1.54) is 21.3 Å². The molecule has 1 amide bonds. The Balaban J connectivity index is 1.70. The number of benzene rings is 3. The van der Waals surface area contributed by atoms with E-state index in [-0.39, 0.29) is 12.5 Å². The number of methoxy groups -OCH3 is 5. The summed E-state index contributed by atoms with van der Waals surface area (Å²) in [5.74, 6) is 2.26. The lowest BCUT2D eigenvalue weighted by Crippen LogP contribution is -2.42. The number of esters is 1. The standard InChI is InChI=1S/C31H35NO9/c1-7-40-31(34)19-8-10-22(11-9-19)41-18-24-23-17-26(36-3)25(35-2)14-20(23)12-13-32(24)30(33)21-15-27(37-4)29(39-6)28(16-21)38-5/h8-11,14-17,24H,7,12-13,18H2,1-6H3/t24-/m0/s1. The molecule has 0 aliphatic carbocycles. The number of nitrogens with zero attached hydrogens (tertiary/aromatic N) is 1. The van der Waals surface area contributed by atoms with Crippen LogP contribution in [0, 0.1) is 0 Å². The van der Waals surface area contributed by atoms with Crippen molar-refractivity contribution < 1.29 is 42.7 Å². The van der Waals surface area contributed by atoms with Gasteiger partial charge in [-0.25, -0.2) is 4.79 Å². The first kappa shape index (κ1) is 29.4. The highest BCUT2D eigenvalue weighted by atomic mass is 16.5. The average molecular weight is 566 g/mol. The molecule has 10 nitrogen and oxygen atoms in total. The zero-order valence-electron chi connectivity index (χ0n) is 24.1. The molecule has 41 heavy (non-hydrogen) atoms. The van der Waals surface area contributed by atoms with Crippen molar-refractivity contribution in [3.63, 3.8) is 0 Å². The quantitative estimate of drug-likeness (QED) is 0.306. The summed E-state index contributed by atoms with van der Waals surface area (Å²) in [5, 5.41) is 0. The van der Waals surface area contributed by atoms with Crippen LogP contribution in [0.3, 0.4) is 0 Å². The molecule has 3 aromatic carbocycles. The largest absolute Gasteiger partial charge is 0.493 e. The second-order valence-electron chi connectivity index (χ2n) is 9.14. The molecule has 0 bridgehead atoms. The first-order chi connectivity index (χ1) is 19.9. The summed E-state index contributed by atoms with van der Waals surface area (Å²) in [4.78, 5) is 27.8. The van der Waals surface area contributed by atoms with Gasteiger partial charge in [0.05, 0.1) is 53.8 Å². The number of fused-ring (bicyclic) bond motifs is 1. The van der Waals surface area contributed by atoms with Gasteiger partial charge in [-0.05, 0) is 73.0 Å². The molecular weight excluding hydrogens is 530 g/mol. The highest BCUT2D eigenvalue weighted by Crippen LogP contribution is 2.41. The van der Waals surface area contributed by atoms with Crippen LogP contribution in [0.4, 0.5) is 0 Å². The van der Waals surface area contributed by atoms with E-state index in [1.54, 1.807) is 62.4 Å². The Morgan fingerprint density at radius 1 is 0.780 bits per heavy atom. The van der Waals surface area contributed by atoms with Crippen LogP contribution in [-0.4, -0.2) is 72.1 Å². The molecule has 10 heteroatoms. The highest BCUT2D eigenvalue weighted by Gasteiger charge is 2.34. The Kier molecular flexibility index (Phi) is 9.44. The van der Waals surface area contributed by atoms with Crippen LogP contribution in [0.1, 0.15) is 44.8 Å². The van der Waals surface area contributed by atoms with E-state index in [1.807, 2.05) is 12.1 Å². The summed E-state index contributed by atoms with van der Waals surface area (Å²) < 4.78 is 38.7. The predicted octanol–water partition coefficient (Wildman–Crippen LogP) is 4.72. The molecule has 1 aliphatic heterocycles. The fraction of sp³-hybridized carbons (Fsp3) is 0.355. The second kappa shape index (κ2) is 13.2. The minimum absolute atomic E-state index is 0.150. The van der Waals surface area contributed by atoms with Gasteiger partial charge < -0.3 is 38.1 Å². The van der Waals surface area contributed by atoms with Crippen molar-refractivity contribution >= 4 is 11.9 Å². The fourth-order valence-corrected chi connectivity index (χ4v) is 4.90. The van der Waals surface area contributed by atoms with Gasteiger partial charge in [0.25, 0.3) is 5.91 Å². The molecule has 0 aromatic heterocycles. The lowest BCUT2D eigenvalue weighted by atomic mass is 9.91. The molecule has 4 rings (SSSR count). The van der Waals surface area contributed by atoms with Gasteiger partial charge in [-0.3, -0.25) is 4.79 Å². The highest BCUT2D eigenvalue weighted by molar-refractivity contribution is 5.96. The molecule has 0 N–H and O–H groups in total. The SMILES string of the molecule is CCOC(=O)c1ccc(OC[C@H]2c3cc(OC)c(OC)cc3CCN2C(=O)c2cc(OC)c(OC)c(OC)c2)cc1. The van der Waals surface area contributed by atoms with Crippen LogP contribution < -0.4 is 28.4 Å². The summed E-state index contributed by atoms with van der Waals surface area (Å²) in [7, 11) is 7.69. The van der Waals surface area contributed by atoms with Gasteiger partial charge in [0.15, 0.2) is 23.0 Å². The molecule has 0 fully saturated rings. The lowest BCUT2D eigenvalue weighted by Gasteiger charge is -2.37. The Morgan fingerprint density at radius 2 is 1.39 bits per heavy atom. The molecule has 3 aromatic rings. The number of hydrogen-bond donors (Lipinski definition) is 0. The van der Waals surface area contributed by atoms with Crippen LogP contribution in [0.5, 0.6) is 34.5 Å². The topological polar surface area (TPSA) is 102 Å².